The molecule has 5 aromatic rings. The second-order valence-corrected chi connectivity index (χ2v) is 15.7. The van der Waals surface area contributed by atoms with Gasteiger partial charge in [0.1, 0.15) is 6.33 Å². The Hall–Kier alpha value is -3.72. The third kappa shape index (κ3) is 5.32. The summed E-state index contributed by atoms with van der Waals surface area (Å²) in [5.74, 6) is -0.771. The molecule has 1 aliphatic heterocycles. The van der Waals surface area contributed by atoms with Gasteiger partial charge in [-0.05, 0) is 43.2 Å². The number of thiazole rings is 1. The van der Waals surface area contributed by atoms with Crippen LogP contribution in [0.25, 0.3) is 32.9 Å². The summed E-state index contributed by atoms with van der Waals surface area (Å²) < 4.78 is 73.7. The van der Waals surface area contributed by atoms with E-state index in [9.17, 15) is 16.8 Å². The fraction of sp³-hybridized carbons (Fsp3) is 0.276. The number of nitrogens with one attached hydrogen (secondary N) is 1. The summed E-state index contributed by atoms with van der Waals surface area (Å²) in [7, 11) is -7.89. The zero-order valence-electron chi connectivity index (χ0n) is 23.7. The van der Waals surface area contributed by atoms with Crippen LogP contribution in [0.5, 0.6) is 0 Å². The van der Waals surface area contributed by atoms with Crippen LogP contribution in [0, 0.1) is 5.82 Å². The minimum atomic E-state index is -3.95. The largest absolute Gasteiger partial charge is 0.301 e. The first-order chi connectivity index (χ1) is 20.4. The average molecular weight is 641 g/mol. The minimum Gasteiger partial charge on any atom is -0.268 e. The number of benzene rings is 2. The van der Waals surface area contributed by atoms with E-state index in [4.69, 9.17) is 4.98 Å². The predicted octanol–water partition coefficient (Wildman–Crippen LogP) is 5.65. The summed E-state index contributed by atoms with van der Waals surface area (Å²) in [6.45, 7) is 6.70. The Labute approximate surface area is 253 Å². The Morgan fingerprint density at radius 2 is 1.63 bits per heavy atom. The van der Waals surface area contributed by atoms with Crippen LogP contribution < -0.4 is 4.72 Å². The number of hydrogen-bond donors (Lipinski definition) is 1. The fourth-order valence-corrected chi connectivity index (χ4v) is 8.69. The molecule has 0 saturated carbocycles. The third-order valence-electron chi connectivity index (χ3n) is 7.13. The third-order valence-corrected chi connectivity index (χ3v) is 11.8. The molecule has 1 saturated heterocycles. The van der Waals surface area contributed by atoms with Gasteiger partial charge in [-0.3, -0.25) is 4.72 Å². The molecule has 1 fully saturated rings. The molecule has 0 unspecified atom stereocenters. The molecule has 0 bridgehead atoms. The first kappa shape index (κ1) is 29.4. The monoisotopic (exact) mass is 640 g/mol. The number of halogens is 1. The van der Waals surface area contributed by atoms with Crippen molar-refractivity contribution >= 4 is 48.3 Å². The molecule has 1 N–H and O–H groups in total. The number of anilines is 1. The van der Waals surface area contributed by atoms with Gasteiger partial charge in [-0.25, -0.2) is 31.7 Å². The highest BCUT2D eigenvalue weighted by atomic mass is 32.2. The lowest BCUT2D eigenvalue weighted by Gasteiger charge is -2.18. The van der Waals surface area contributed by atoms with Gasteiger partial charge in [0.15, 0.2) is 11.5 Å². The molecular weight excluding hydrogens is 612 g/mol. The Morgan fingerprint density at radius 1 is 0.907 bits per heavy atom. The molecule has 43 heavy (non-hydrogen) atoms. The molecule has 4 heterocycles. The van der Waals surface area contributed by atoms with Crippen molar-refractivity contribution in [3.8, 4) is 21.8 Å². The van der Waals surface area contributed by atoms with E-state index in [1.54, 1.807) is 30.3 Å². The van der Waals surface area contributed by atoms with Crippen molar-refractivity contribution in [1.82, 2.24) is 23.2 Å². The van der Waals surface area contributed by atoms with Gasteiger partial charge >= 0.3 is 10.2 Å². The maximum Gasteiger partial charge on any atom is 0.301 e. The van der Waals surface area contributed by atoms with E-state index in [2.05, 4.69) is 14.7 Å². The summed E-state index contributed by atoms with van der Waals surface area (Å²) in [6.07, 6.45) is 4.20. The lowest BCUT2D eigenvalue weighted by atomic mass is 9.98. The van der Waals surface area contributed by atoms with Crippen molar-refractivity contribution in [2.45, 2.75) is 43.9 Å². The first-order valence-electron chi connectivity index (χ1n) is 13.6. The quantitative estimate of drug-likeness (QED) is 0.244. The second-order valence-electron chi connectivity index (χ2n) is 11.2. The molecule has 0 amide bonds. The standard InChI is InChI=1S/C29H29FN6O4S3/c1-29(2,3)28-33-25(20-12-9-13-22(23(20)30)34-43(39,40)35-15-7-8-16-35)26(41-28)24-21-14-17-36(27(21)32-18-31-24)42(37,38)19-10-5-4-6-11-19/h4-6,9-14,17-18,34H,7-8,15-16H2,1-3H3. The average Bonchev–Trinajstić information content (AvgIpc) is 3.74. The zero-order valence-corrected chi connectivity index (χ0v) is 26.1. The van der Waals surface area contributed by atoms with Crippen LogP contribution in [0.1, 0.15) is 38.6 Å². The molecule has 1 aliphatic rings. The Balaban J connectivity index is 1.50. The number of rotatable bonds is 7. The van der Waals surface area contributed by atoms with Crippen molar-refractivity contribution in [2.75, 3.05) is 17.8 Å². The minimum absolute atomic E-state index is 0.0893. The summed E-state index contributed by atoms with van der Waals surface area (Å²) in [5.41, 5.74) is 0.321. The maximum absolute atomic E-state index is 16.1. The van der Waals surface area contributed by atoms with E-state index >= 15 is 4.39 Å². The molecule has 0 aliphatic carbocycles. The maximum atomic E-state index is 16.1. The van der Waals surface area contributed by atoms with Crippen molar-refractivity contribution in [1.29, 1.82) is 0 Å². The fourth-order valence-electron chi connectivity index (χ4n) is 4.92. The molecule has 0 radical (unpaired) electrons. The molecule has 0 atom stereocenters. The molecule has 3 aromatic heterocycles. The van der Waals surface area contributed by atoms with Gasteiger partial charge in [-0.15, -0.1) is 11.3 Å². The summed E-state index contributed by atoms with van der Waals surface area (Å²) in [6, 6.07) is 14.1. The lowest BCUT2D eigenvalue weighted by Crippen LogP contribution is -2.33. The smallest absolute Gasteiger partial charge is 0.268 e. The van der Waals surface area contributed by atoms with E-state index < -0.39 is 31.5 Å². The Kier molecular flexibility index (Phi) is 7.35. The highest BCUT2D eigenvalue weighted by Crippen LogP contribution is 2.43. The summed E-state index contributed by atoms with van der Waals surface area (Å²) >= 11 is 1.32. The molecule has 6 rings (SSSR count). The normalized spacial score (nSPS) is 14.9. The van der Waals surface area contributed by atoms with Gasteiger partial charge in [0.05, 0.1) is 31.9 Å². The van der Waals surface area contributed by atoms with Gasteiger partial charge in [-0.2, -0.15) is 12.7 Å². The molecule has 10 nitrogen and oxygen atoms in total. The molecule has 0 spiro atoms. The Bertz CT molecular complexity index is 2050. The highest BCUT2D eigenvalue weighted by Gasteiger charge is 2.30. The van der Waals surface area contributed by atoms with Gasteiger partial charge in [-0.1, -0.05) is 45.0 Å². The van der Waals surface area contributed by atoms with Crippen LogP contribution in [-0.4, -0.2) is 53.2 Å². The van der Waals surface area contributed by atoms with E-state index in [1.807, 2.05) is 20.8 Å². The van der Waals surface area contributed by atoms with Crippen LogP contribution in [0.2, 0.25) is 0 Å². The molecule has 2 aromatic carbocycles. The topological polar surface area (TPSA) is 127 Å². The first-order valence-corrected chi connectivity index (χ1v) is 17.3. The van der Waals surface area contributed by atoms with Crippen LogP contribution in [0.3, 0.4) is 0 Å². The summed E-state index contributed by atoms with van der Waals surface area (Å²) in [5, 5.41) is 1.14. The van der Waals surface area contributed by atoms with Gasteiger partial charge in [0.25, 0.3) is 10.0 Å². The molecule has 224 valence electrons. The van der Waals surface area contributed by atoms with Crippen LogP contribution in [-0.2, 0) is 25.6 Å². The molecular formula is C29H29FN6O4S3. The van der Waals surface area contributed by atoms with E-state index in [0.29, 0.717) is 34.1 Å². The van der Waals surface area contributed by atoms with Crippen LogP contribution in [0.4, 0.5) is 10.1 Å². The van der Waals surface area contributed by atoms with Crippen molar-refractivity contribution in [2.24, 2.45) is 0 Å². The van der Waals surface area contributed by atoms with Crippen molar-refractivity contribution < 1.29 is 21.2 Å². The van der Waals surface area contributed by atoms with Crippen molar-refractivity contribution in [3.63, 3.8) is 0 Å². The number of fused-ring (bicyclic) bond motifs is 1. The Morgan fingerprint density at radius 3 is 2.33 bits per heavy atom. The van der Waals surface area contributed by atoms with E-state index in [-0.39, 0.29) is 27.5 Å². The van der Waals surface area contributed by atoms with Crippen LogP contribution in [0.15, 0.2) is 72.0 Å². The number of hydrogen-bond acceptors (Lipinski definition) is 8. The molecule has 14 heteroatoms. The van der Waals surface area contributed by atoms with Gasteiger partial charge < -0.3 is 0 Å². The zero-order chi connectivity index (χ0) is 30.6. The van der Waals surface area contributed by atoms with Crippen LogP contribution >= 0.6 is 11.3 Å². The van der Waals surface area contributed by atoms with Gasteiger partial charge in [0, 0.05) is 35.7 Å². The van der Waals surface area contributed by atoms with Gasteiger partial charge in [0.2, 0.25) is 0 Å². The summed E-state index contributed by atoms with van der Waals surface area (Å²) in [4.78, 5) is 14.2. The lowest BCUT2D eigenvalue weighted by molar-refractivity contribution is 0.482. The SMILES string of the molecule is CC(C)(C)c1nc(-c2cccc(NS(=O)(=O)N3CCCC3)c2F)c(-c2ncnc3c2ccn3S(=O)(=O)c2ccccc2)s1. The van der Waals surface area contributed by atoms with Crippen molar-refractivity contribution in [3.05, 3.63) is 77.9 Å². The van der Waals surface area contributed by atoms with E-state index in [1.165, 1.54) is 52.4 Å². The predicted molar refractivity (Wildman–Crippen MR) is 165 cm³/mol. The second kappa shape index (κ2) is 10.8. The number of nitrogens with zero attached hydrogens (tertiary/aromatic N) is 5. The number of aromatic nitrogens is 4. The van der Waals surface area contributed by atoms with E-state index in [0.717, 1.165) is 16.8 Å². The highest BCUT2D eigenvalue weighted by molar-refractivity contribution is 7.90.